The van der Waals surface area contributed by atoms with E-state index in [9.17, 15) is 0 Å². The summed E-state index contributed by atoms with van der Waals surface area (Å²) >= 11 is 0. The zero-order chi connectivity index (χ0) is 17.1. The van der Waals surface area contributed by atoms with Crippen LogP contribution in [0.15, 0.2) is 65.8 Å². The first kappa shape index (κ1) is 14.9. The predicted octanol–water partition coefficient (Wildman–Crippen LogP) is 3.16. The quantitative estimate of drug-likeness (QED) is 0.710. The second-order valence-electron chi connectivity index (χ2n) is 5.58. The second-order valence-corrected chi connectivity index (χ2v) is 5.58. The van der Waals surface area contributed by atoms with Crippen LogP contribution in [0.5, 0.6) is 0 Å². The highest BCUT2D eigenvalue weighted by Gasteiger charge is 2.14. The summed E-state index contributed by atoms with van der Waals surface area (Å²) < 4.78 is 0. The SMILES string of the molecule is Nc1nccc(Nc2ccc3c(c2)C(C#Cc2ccccc2)=NC3)n1. The molecule has 0 spiro atoms. The molecule has 3 N–H and O–H groups in total. The molecule has 3 aromatic rings. The Labute approximate surface area is 145 Å². The van der Waals surface area contributed by atoms with Gasteiger partial charge in [0.1, 0.15) is 11.5 Å². The molecule has 0 unspecified atom stereocenters. The molecule has 1 aliphatic heterocycles. The Kier molecular flexibility index (Phi) is 3.85. The minimum atomic E-state index is 0.238. The van der Waals surface area contributed by atoms with Crippen LogP contribution in [0.3, 0.4) is 0 Å². The van der Waals surface area contributed by atoms with Crippen molar-refractivity contribution in [1.82, 2.24) is 9.97 Å². The zero-order valence-electron chi connectivity index (χ0n) is 13.4. The van der Waals surface area contributed by atoms with Crippen LogP contribution in [-0.4, -0.2) is 15.7 Å². The Balaban J connectivity index is 1.60. The predicted molar refractivity (Wildman–Crippen MR) is 99.7 cm³/mol. The minimum absolute atomic E-state index is 0.238. The highest BCUT2D eigenvalue weighted by Crippen LogP contribution is 2.24. The van der Waals surface area contributed by atoms with Crippen LogP contribution in [0.4, 0.5) is 17.5 Å². The summed E-state index contributed by atoms with van der Waals surface area (Å²) in [6, 6.07) is 17.8. The third-order valence-electron chi connectivity index (χ3n) is 3.82. The van der Waals surface area contributed by atoms with E-state index in [0.717, 1.165) is 22.5 Å². The van der Waals surface area contributed by atoms with Gasteiger partial charge in [0.05, 0.1) is 6.54 Å². The van der Waals surface area contributed by atoms with E-state index < -0.39 is 0 Å². The number of benzene rings is 2. The van der Waals surface area contributed by atoms with E-state index in [-0.39, 0.29) is 5.95 Å². The van der Waals surface area contributed by atoms with Gasteiger partial charge in [-0.1, -0.05) is 30.2 Å². The van der Waals surface area contributed by atoms with E-state index in [1.54, 1.807) is 12.3 Å². The van der Waals surface area contributed by atoms with Gasteiger partial charge in [-0.2, -0.15) is 4.98 Å². The standard InChI is InChI=1S/C20H15N5/c21-20-22-11-10-19(25-20)24-16-8-7-15-13-23-18(17(15)12-16)9-6-14-4-2-1-3-5-14/h1-5,7-8,10-12H,13H2,(H3,21,22,24,25). The lowest BCUT2D eigenvalue weighted by Crippen LogP contribution is -2.01. The van der Waals surface area contributed by atoms with Gasteiger partial charge in [0.25, 0.3) is 0 Å². The molecule has 0 saturated heterocycles. The first-order valence-corrected chi connectivity index (χ1v) is 7.88. The van der Waals surface area contributed by atoms with Crippen molar-refractivity contribution >= 4 is 23.2 Å². The van der Waals surface area contributed by atoms with Gasteiger partial charge in [-0.05, 0) is 41.8 Å². The molecule has 0 aliphatic carbocycles. The van der Waals surface area contributed by atoms with Crippen LogP contribution in [0.25, 0.3) is 0 Å². The maximum atomic E-state index is 5.62. The topological polar surface area (TPSA) is 76.2 Å². The van der Waals surface area contributed by atoms with Crippen molar-refractivity contribution in [2.45, 2.75) is 6.54 Å². The molecule has 1 aromatic heterocycles. The van der Waals surface area contributed by atoms with E-state index in [1.807, 2.05) is 42.5 Å². The number of anilines is 3. The van der Waals surface area contributed by atoms with Crippen LogP contribution in [0, 0.1) is 11.8 Å². The number of nitrogen functional groups attached to an aromatic ring is 1. The van der Waals surface area contributed by atoms with Crippen molar-refractivity contribution < 1.29 is 0 Å². The molecule has 0 saturated carbocycles. The van der Waals surface area contributed by atoms with Gasteiger partial charge in [-0.15, -0.1) is 0 Å². The van der Waals surface area contributed by atoms with Crippen molar-refractivity contribution in [3.63, 3.8) is 0 Å². The molecule has 5 nitrogen and oxygen atoms in total. The summed E-state index contributed by atoms with van der Waals surface area (Å²) in [5.74, 6) is 7.24. The van der Waals surface area contributed by atoms with Gasteiger partial charge < -0.3 is 11.1 Å². The summed E-state index contributed by atoms with van der Waals surface area (Å²) in [5, 5.41) is 3.23. The van der Waals surface area contributed by atoms with Crippen LogP contribution >= 0.6 is 0 Å². The molecule has 25 heavy (non-hydrogen) atoms. The summed E-state index contributed by atoms with van der Waals surface area (Å²) in [6.45, 7) is 0.662. The van der Waals surface area contributed by atoms with Crippen molar-refractivity contribution in [3.8, 4) is 11.8 Å². The second kappa shape index (κ2) is 6.46. The molecule has 2 heterocycles. The van der Waals surface area contributed by atoms with E-state index in [0.29, 0.717) is 12.4 Å². The monoisotopic (exact) mass is 325 g/mol. The fourth-order valence-corrected chi connectivity index (χ4v) is 2.61. The maximum Gasteiger partial charge on any atom is 0.221 e. The first-order chi connectivity index (χ1) is 12.3. The molecule has 4 rings (SSSR count). The van der Waals surface area contributed by atoms with E-state index in [2.05, 4.69) is 38.2 Å². The number of hydrogen-bond acceptors (Lipinski definition) is 5. The van der Waals surface area contributed by atoms with Gasteiger partial charge in [-0.25, -0.2) is 4.98 Å². The Bertz CT molecular complexity index is 1010. The third kappa shape index (κ3) is 3.33. The summed E-state index contributed by atoms with van der Waals surface area (Å²) in [7, 11) is 0. The average molecular weight is 325 g/mol. The number of rotatable bonds is 2. The van der Waals surface area contributed by atoms with Crippen molar-refractivity contribution in [1.29, 1.82) is 0 Å². The highest BCUT2D eigenvalue weighted by atomic mass is 15.1. The Morgan fingerprint density at radius 2 is 1.88 bits per heavy atom. The number of nitrogens with one attached hydrogen (secondary N) is 1. The van der Waals surface area contributed by atoms with E-state index in [4.69, 9.17) is 5.73 Å². The normalized spacial score (nSPS) is 11.9. The summed E-state index contributed by atoms with van der Waals surface area (Å²) in [5.41, 5.74) is 10.5. The highest BCUT2D eigenvalue weighted by molar-refractivity contribution is 6.16. The zero-order valence-corrected chi connectivity index (χ0v) is 13.4. The van der Waals surface area contributed by atoms with Gasteiger partial charge in [0.2, 0.25) is 5.95 Å². The molecule has 120 valence electrons. The average Bonchev–Trinajstić information content (AvgIpc) is 3.03. The van der Waals surface area contributed by atoms with Crippen LogP contribution in [0.1, 0.15) is 16.7 Å². The molecule has 0 atom stereocenters. The molecule has 0 fully saturated rings. The number of aromatic nitrogens is 2. The van der Waals surface area contributed by atoms with Crippen LogP contribution in [0.2, 0.25) is 0 Å². The van der Waals surface area contributed by atoms with Crippen LogP contribution < -0.4 is 11.1 Å². The Morgan fingerprint density at radius 3 is 2.72 bits per heavy atom. The van der Waals surface area contributed by atoms with Crippen molar-refractivity contribution in [2.75, 3.05) is 11.1 Å². The fourth-order valence-electron chi connectivity index (χ4n) is 2.61. The molecule has 2 aromatic carbocycles. The third-order valence-corrected chi connectivity index (χ3v) is 3.82. The number of hydrogen-bond donors (Lipinski definition) is 2. The van der Waals surface area contributed by atoms with E-state index >= 15 is 0 Å². The van der Waals surface area contributed by atoms with Crippen molar-refractivity contribution in [3.05, 3.63) is 77.5 Å². The van der Waals surface area contributed by atoms with Gasteiger partial charge >= 0.3 is 0 Å². The van der Waals surface area contributed by atoms with Gasteiger partial charge in [0.15, 0.2) is 0 Å². The largest absolute Gasteiger partial charge is 0.368 e. The Hall–Kier alpha value is -3.65. The molecule has 0 amide bonds. The molecule has 0 bridgehead atoms. The lowest BCUT2D eigenvalue weighted by molar-refractivity contribution is 1.11. The van der Waals surface area contributed by atoms with Gasteiger partial charge in [-0.3, -0.25) is 4.99 Å². The smallest absolute Gasteiger partial charge is 0.221 e. The molecule has 0 radical (unpaired) electrons. The number of aliphatic imine (C=N–C) groups is 1. The van der Waals surface area contributed by atoms with Gasteiger partial charge in [0, 0.05) is 23.0 Å². The first-order valence-electron chi connectivity index (χ1n) is 7.88. The summed E-state index contributed by atoms with van der Waals surface area (Å²) in [6.07, 6.45) is 1.62. The van der Waals surface area contributed by atoms with Crippen LogP contribution in [-0.2, 0) is 6.54 Å². The number of fused-ring (bicyclic) bond motifs is 1. The summed E-state index contributed by atoms with van der Waals surface area (Å²) in [4.78, 5) is 12.6. The number of nitrogens with zero attached hydrogens (tertiary/aromatic N) is 3. The lowest BCUT2D eigenvalue weighted by atomic mass is 10.0. The minimum Gasteiger partial charge on any atom is -0.368 e. The number of nitrogens with two attached hydrogens (primary N) is 1. The molecular weight excluding hydrogens is 310 g/mol. The lowest BCUT2D eigenvalue weighted by Gasteiger charge is -2.07. The molecule has 5 heteroatoms. The fraction of sp³-hybridized carbons (Fsp3) is 0.0500. The molecular formula is C20H15N5. The maximum absolute atomic E-state index is 5.62. The molecule has 1 aliphatic rings. The Morgan fingerprint density at radius 1 is 1.00 bits per heavy atom. The van der Waals surface area contributed by atoms with Crippen molar-refractivity contribution in [2.24, 2.45) is 4.99 Å². The van der Waals surface area contributed by atoms with E-state index in [1.165, 1.54) is 5.56 Å².